The molecule has 0 saturated carbocycles. The lowest BCUT2D eigenvalue weighted by molar-refractivity contribution is 0.0565. The Bertz CT molecular complexity index is 1170. The average Bonchev–Trinajstić information content (AvgIpc) is 3.62. The lowest BCUT2D eigenvalue weighted by atomic mass is 10.0. The van der Waals surface area contributed by atoms with Gasteiger partial charge in [0.15, 0.2) is 0 Å². The summed E-state index contributed by atoms with van der Waals surface area (Å²) in [5, 5.41) is 21.1. The zero-order valence-corrected chi connectivity index (χ0v) is 23.0. The number of thiophene rings is 1. The third-order valence-electron chi connectivity index (χ3n) is 6.99. The van der Waals surface area contributed by atoms with Crippen LogP contribution < -0.4 is 10.8 Å². The molecular weight excluding hydrogens is 506 g/mol. The van der Waals surface area contributed by atoms with E-state index in [4.69, 9.17) is 4.84 Å². The minimum absolute atomic E-state index is 0.133. The van der Waals surface area contributed by atoms with E-state index in [2.05, 4.69) is 53.6 Å². The number of nitrogens with zero attached hydrogens (tertiary/aromatic N) is 6. The normalized spacial score (nSPS) is 15.3. The van der Waals surface area contributed by atoms with Crippen molar-refractivity contribution in [2.24, 2.45) is 0 Å². The van der Waals surface area contributed by atoms with Gasteiger partial charge in [0.05, 0.1) is 18.4 Å². The number of rotatable bonds is 10. The van der Waals surface area contributed by atoms with Crippen molar-refractivity contribution in [2.45, 2.75) is 58.7 Å². The Labute approximate surface area is 226 Å². The summed E-state index contributed by atoms with van der Waals surface area (Å²) in [6.07, 6.45) is 2.59. The van der Waals surface area contributed by atoms with Crippen molar-refractivity contribution >= 4 is 23.3 Å². The molecule has 0 spiro atoms. The fourth-order valence-corrected chi connectivity index (χ4v) is 5.62. The maximum atomic E-state index is 12.9. The Morgan fingerprint density at radius 1 is 1.32 bits per heavy atom. The van der Waals surface area contributed by atoms with E-state index in [1.54, 1.807) is 17.4 Å². The first kappa shape index (κ1) is 27.6. The van der Waals surface area contributed by atoms with Gasteiger partial charge in [-0.1, -0.05) is 0 Å². The minimum Gasteiger partial charge on any atom is -0.352 e. The molecule has 0 aromatic carbocycles. The van der Waals surface area contributed by atoms with Gasteiger partial charge in [0, 0.05) is 38.3 Å². The monoisotopic (exact) mass is 541 g/mol. The van der Waals surface area contributed by atoms with Crippen LogP contribution in [0.3, 0.4) is 0 Å². The van der Waals surface area contributed by atoms with Crippen LogP contribution in [0.5, 0.6) is 0 Å². The smallest absolute Gasteiger partial charge is 0.341 e. The van der Waals surface area contributed by atoms with Crippen LogP contribution in [0.2, 0.25) is 0 Å². The molecule has 1 atom stereocenters. The number of piperidine rings is 1. The summed E-state index contributed by atoms with van der Waals surface area (Å²) in [5.41, 5.74) is 6.20. The van der Waals surface area contributed by atoms with Gasteiger partial charge in [0.1, 0.15) is 5.69 Å². The van der Waals surface area contributed by atoms with Gasteiger partial charge in [-0.05, 0) is 79.3 Å². The molecule has 4 heterocycles. The SMILES string of the molecule is CONC(=O)N(Cc1ccsc1)C1CCN([C@H](C)CCNC(=O)c2c(C)cc(-c3nn[nH]n3)nc2C)CC1. The molecule has 3 aromatic rings. The second-order valence-electron chi connectivity index (χ2n) is 9.55. The predicted octanol–water partition coefficient (Wildman–Crippen LogP) is 2.69. The molecule has 204 valence electrons. The summed E-state index contributed by atoms with van der Waals surface area (Å²) in [5.74, 6) is 0.265. The first-order valence-corrected chi connectivity index (χ1v) is 13.7. The van der Waals surface area contributed by atoms with Crippen LogP contribution in [-0.4, -0.2) is 86.2 Å². The third-order valence-corrected chi connectivity index (χ3v) is 7.73. The Morgan fingerprint density at radius 3 is 2.74 bits per heavy atom. The lowest BCUT2D eigenvalue weighted by Crippen LogP contribution is -2.51. The zero-order chi connectivity index (χ0) is 27.1. The number of H-pyrrole nitrogens is 1. The summed E-state index contributed by atoms with van der Waals surface area (Å²) in [4.78, 5) is 39.3. The van der Waals surface area contributed by atoms with Gasteiger partial charge in [0.25, 0.3) is 5.91 Å². The van der Waals surface area contributed by atoms with Gasteiger partial charge in [-0.3, -0.25) is 9.63 Å². The standard InChI is InChI=1S/C25H35N9O3S/c1-16-13-21(23-28-31-32-29-23)27-18(3)22(16)24(35)26-9-5-17(2)33-10-6-20(7-11-33)34(25(36)30-37-4)14-19-8-12-38-15-19/h8,12-13,15,17,20H,5-7,9-11,14H2,1-4H3,(H,26,35)(H,30,36)(H,28,29,31,32)/t17-/m1/s1. The molecule has 0 aliphatic carbocycles. The van der Waals surface area contributed by atoms with E-state index in [-0.39, 0.29) is 18.0 Å². The van der Waals surface area contributed by atoms with Crippen LogP contribution in [0, 0.1) is 13.8 Å². The number of amides is 3. The van der Waals surface area contributed by atoms with E-state index in [1.807, 2.05) is 30.2 Å². The van der Waals surface area contributed by atoms with Crippen LogP contribution in [0.1, 0.15) is 53.4 Å². The summed E-state index contributed by atoms with van der Waals surface area (Å²) in [6.45, 7) is 8.78. The van der Waals surface area contributed by atoms with Gasteiger partial charge < -0.3 is 15.1 Å². The van der Waals surface area contributed by atoms with Crippen molar-refractivity contribution in [1.82, 2.24) is 46.2 Å². The number of nitrogens with one attached hydrogen (secondary N) is 3. The molecule has 1 aliphatic rings. The Balaban J connectivity index is 1.26. The molecule has 0 radical (unpaired) electrons. The number of pyridine rings is 1. The van der Waals surface area contributed by atoms with Gasteiger partial charge in [-0.15, -0.1) is 10.2 Å². The van der Waals surface area contributed by atoms with Crippen molar-refractivity contribution in [1.29, 1.82) is 0 Å². The highest BCUT2D eigenvalue weighted by atomic mass is 32.1. The molecule has 3 amide bonds. The van der Waals surface area contributed by atoms with Crippen LogP contribution >= 0.6 is 11.3 Å². The maximum Gasteiger partial charge on any atom is 0.341 e. The first-order valence-electron chi connectivity index (χ1n) is 12.7. The Kier molecular flexibility index (Phi) is 9.37. The molecule has 1 fully saturated rings. The highest BCUT2D eigenvalue weighted by Gasteiger charge is 2.30. The molecule has 1 aliphatic heterocycles. The molecular formula is C25H35N9O3S. The van der Waals surface area contributed by atoms with Crippen LogP contribution in [0.25, 0.3) is 11.5 Å². The number of tetrazole rings is 1. The number of aryl methyl sites for hydroxylation is 2. The molecule has 3 N–H and O–H groups in total. The van der Waals surface area contributed by atoms with Crippen LogP contribution in [0.15, 0.2) is 22.9 Å². The Hall–Kier alpha value is -3.42. The van der Waals surface area contributed by atoms with Gasteiger partial charge >= 0.3 is 6.03 Å². The van der Waals surface area contributed by atoms with Gasteiger partial charge in [-0.2, -0.15) is 16.6 Å². The number of carbonyl (C=O) groups excluding carboxylic acids is 2. The third kappa shape index (κ3) is 6.71. The van der Waals surface area contributed by atoms with Crippen molar-refractivity contribution in [3.63, 3.8) is 0 Å². The number of hydrogen-bond acceptors (Lipinski definition) is 9. The van der Waals surface area contributed by atoms with Crippen molar-refractivity contribution in [3.05, 3.63) is 45.3 Å². The number of hydroxylamine groups is 1. The highest BCUT2D eigenvalue weighted by molar-refractivity contribution is 7.07. The number of aromatic nitrogens is 5. The largest absolute Gasteiger partial charge is 0.352 e. The molecule has 0 unspecified atom stereocenters. The number of urea groups is 1. The number of aromatic amines is 1. The zero-order valence-electron chi connectivity index (χ0n) is 22.2. The molecule has 12 nitrogen and oxygen atoms in total. The van der Waals surface area contributed by atoms with E-state index in [1.165, 1.54) is 7.11 Å². The minimum atomic E-state index is -0.210. The molecule has 3 aromatic heterocycles. The predicted molar refractivity (Wildman–Crippen MR) is 143 cm³/mol. The molecule has 38 heavy (non-hydrogen) atoms. The highest BCUT2D eigenvalue weighted by Crippen LogP contribution is 2.23. The van der Waals surface area contributed by atoms with Crippen molar-refractivity contribution in [3.8, 4) is 11.5 Å². The fourth-order valence-electron chi connectivity index (χ4n) is 4.96. The number of hydrogen-bond donors (Lipinski definition) is 3. The lowest BCUT2D eigenvalue weighted by Gasteiger charge is -2.40. The Morgan fingerprint density at radius 2 is 2.11 bits per heavy atom. The van der Waals surface area contributed by atoms with Crippen molar-refractivity contribution in [2.75, 3.05) is 26.7 Å². The number of likely N-dealkylation sites (tertiary alicyclic amines) is 1. The molecule has 0 bridgehead atoms. The summed E-state index contributed by atoms with van der Waals surface area (Å²) in [7, 11) is 1.45. The van der Waals surface area contributed by atoms with Gasteiger partial charge in [-0.25, -0.2) is 15.3 Å². The summed E-state index contributed by atoms with van der Waals surface area (Å²) >= 11 is 1.63. The van der Waals surface area contributed by atoms with Gasteiger partial charge in [0.2, 0.25) is 5.82 Å². The second-order valence-corrected chi connectivity index (χ2v) is 10.3. The number of carbonyl (C=O) groups is 2. The van der Waals surface area contributed by atoms with Crippen molar-refractivity contribution < 1.29 is 14.4 Å². The second kappa shape index (κ2) is 12.9. The van der Waals surface area contributed by atoms with E-state index in [0.29, 0.717) is 41.9 Å². The molecule has 1 saturated heterocycles. The van der Waals surface area contributed by atoms with E-state index >= 15 is 0 Å². The van der Waals surface area contributed by atoms with E-state index in [9.17, 15) is 9.59 Å². The summed E-state index contributed by atoms with van der Waals surface area (Å²) in [6, 6.07) is 4.08. The molecule has 4 rings (SSSR count). The van der Waals surface area contributed by atoms with E-state index in [0.717, 1.165) is 43.5 Å². The van der Waals surface area contributed by atoms with E-state index < -0.39 is 0 Å². The molecule has 13 heteroatoms. The first-order chi connectivity index (χ1) is 18.4. The fraction of sp³-hybridized carbons (Fsp3) is 0.520. The van der Waals surface area contributed by atoms with Crippen LogP contribution in [0.4, 0.5) is 4.79 Å². The quantitative estimate of drug-likeness (QED) is 0.333. The summed E-state index contributed by atoms with van der Waals surface area (Å²) < 4.78 is 0. The average molecular weight is 542 g/mol. The topological polar surface area (TPSA) is 141 Å². The van der Waals surface area contributed by atoms with Crippen LogP contribution in [-0.2, 0) is 11.4 Å². The maximum absolute atomic E-state index is 12.9.